The average molecular weight is 241 g/mol. The normalized spacial score (nSPS) is 13.5. The zero-order valence-corrected chi connectivity index (χ0v) is 11.0. The van der Waals surface area contributed by atoms with Gasteiger partial charge in [-0.1, -0.05) is 0 Å². The largest absolute Gasteiger partial charge is 0.359 e. The van der Waals surface area contributed by atoms with E-state index in [1.807, 2.05) is 19.2 Å². The third kappa shape index (κ3) is 3.28. The Morgan fingerprint density at radius 1 is 1.62 bits per heavy atom. The summed E-state index contributed by atoms with van der Waals surface area (Å²) in [4.78, 5) is 15.8. The van der Waals surface area contributed by atoms with Crippen molar-refractivity contribution in [2.45, 2.75) is 26.8 Å². The molecule has 2 N–H and O–H groups in total. The number of nitrogens with one attached hydrogen (secondary N) is 2. The minimum Gasteiger partial charge on any atom is -0.359 e. The van der Waals surface area contributed by atoms with Gasteiger partial charge in [0.15, 0.2) is 0 Å². The summed E-state index contributed by atoms with van der Waals surface area (Å²) in [5.41, 5.74) is -0.403. The van der Waals surface area contributed by atoms with E-state index in [0.29, 0.717) is 6.54 Å². The monoisotopic (exact) mass is 241 g/mol. The molecule has 0 spiro atoms. The molecule has 90 valence electrons. The smallest absolute Gasteiger partial charge is 0.226 e. The van der Waals surface area contributed by atoms with Gasteiger partial charge < -0.3 is 10.6 Å². The van der Waals surface area contributed by atoms with Crippen LogP contribution in [0.15, 0.2) is 11.6 Å². The summed E-state index contributed by atoms with van der Waals surface area (Å²) >= 11 is 1.62. The fourth-order valence-electron chi connectivity index (χ4n) is 1.36. The summed E-state index contributed by atoms with van der Waals surface area (Å²) < 4.78 is 0. The number of amides is 1. The van der Waals surface area contributed by atoms with Gasteiger partial charge in [0.05, 0.1) is 11.5 Å². The van der Waals surface area contributed by atoms with Crippen molar-refractivity contribution in [3.8, 4) is 0 Å². The fourth-order valence-corrected chi connectivity index (χ4v) is 2.03. The molecule has 1 rings (SSSR count). The molecule has 0 aliphatic carbocycles. The molecule has 16 heavy (non-hydrogen) atoms. The van der Waals surface area contributed by atoms with Crippen LogP contribution in [0, 0.1) is 5.41 Å². The van der Waals surface area contributed by atoms with Gasteiger partial charge in [-0.2, -0.15) is 0 Å². The molecule has 0 aromatic carbocycles. The maximum absolute atomic E-state index is 11.6. The van der Waals surface area contributed by atoms with Gasteiger partial charge in [-0.3, -0.25) is 4.79 Å². The van der Waals surface area contributed by atoms with Gasteiger partial charge in [-0.05, 0) is 20.8 Å². The van der Waals surface area contributed by atoms with Gasteiger partial charge in [0, 0.05) is 25.2 Å². The van der Waals surface area contributed by atoms with Gasteiger partial charge >= 0.3 is 0 Å². The van der Waals surface area contributed by atoms with Crippen LogP contribution in [-0.2, 0) is 4.79 Å². The van der Waals surface area contributed by atoms with E-state index in [-0.39, 0.29) is 11.9 Å². The SMILES string of the molecule is CNC(=O)C(C)(C)CNC(C)c1nccs1. The van der Waals surface area contributed by atoms with E-state index in [0.717, 1.165) is 5.01 Å². The molecular formula is C11H19N3OS. The van der Waals surface area contributed by atoms with E-state index in [4.69, 9.17) is 0 Å². The first-order chi connectivity index (χ1) is 7.47. The summed E-state index contributed by atoms with van der Waals surface area (Å²) in [7, 11) is 1.66. The second-order valence-corrected chi connectivity index (χ2v) is 5.36. The zero-order valence-electron chi connectivity index (χ0n) is 10.2. The Bertz CT molecular complexity index is 335. The Morgan fingerprint density at radius 3 is 2.81 bits per heavy atom. The summed E-state index contributed by atoms with van der Waals surface area (Å²) in [5, 5.41) is 9.00. The fraction of sp³-hybridized carbons (Fsp3) is 0.636. The highest BCUT2D eigenvalue weighted by Crippen LogP contribution is 2.18. The first-order valence-electron chi connectivity index (χ1n) is 5.32. The number of hydrogen-bond donors (Lipinski definition) is 2. The number of hydrogen-bond acceptors (Lipinski definition) is 4. The lowest BCUT2D eigenvalue weighted by Gasteiger charge is -2.24. The molecule has 0 aliphatic rings. The van der Waals surface area contributed by atoms with Crippen molar-refractivity contribution in [2.75, 3.05) is 13.6 Å². The van der Waals surface area contributed by atoms with Crippen molar-refractivity contribution in [3.05, 3.63) is 16.6 Å². The van der Waals surface area contributed by atoms with Crippen LogP contribution < -0.4 is 10.6 Å². The summed E-state index contributed by atoms with van der Waals surface area (Å²) in [6.07, 6.45) is 1.79. The maximum atomic E-state index is 11.6. The Kier molecular flexibility index (Phi) is 4.44. The van der Waals surface area contributed by atoms with Gasteiger partial charge in [-0.15, -0.1) is 11.3 Å². The molecule has 1 heterocycles. The van der Waals surface area contributed by atoms with E-state index in [9.17, 15) is 4.79 Å². The van der Waals surface area contributed by atoms with Crippen molar-refractivity contribution < 1.29 is 4.79 Å². The van der Waals surface area contributed by atoms with Crippen LogP contribution in [0.25, 0.3) is 0 Å². The molecule has 4 nitrogen and oxygen atoms in total. The molecular weight excluding hydrogens is 222 g/mol. The van der Waals surface area contributed by atoms with Gasteiger partial charge in [0.2, 0.25) is 5.91 Å². The van der Waals surface area contributed by atoms with Crippen LogP contribution >= 0.6 is 11.3 Å². The molecule has 0 bridgehead atoms. The second kappa shape index (κ2) is 5.41. The molecule has 1 aromatic heterocycles. The lowest BCUT2D eigenvalue weighted by molar-refractivity contribution is -0.128. The molecule has 1 unspecified atom stereocenters. The highest BCUT2D eigenvalue weighted by molar-refractivity contribution is 7.09. The topological polar surface area (TPSA) is 54.0 Å². The molecule has 0 saturated heterocycles. The summed E-state index contributed by atoms with van der Waals surface area (Å²) in [6.45, 7) is 6.53. The summed E-state index contributed by atoms with van der Waals surface area (Å²) in [5.74, 6) is 0.0475. The number of rotatable bonds is 5. The van der Waals surface area contributed by atoms with Gasteiger partial charge in [0.1, 0.15) is 5.01 Å². The van der Waals surface area contributed by atoms with Gasteiger partial charge in [0.25, 0.3) is 0 Å². The van der Waals surface area contributed by atoms with Crippen LogP contribution in [0.1, 0.15) is 31.8 Å². The van der Waals surface area contributed by atoms with E-state index in [1.54, 1.807) is 24.6 Å². The molecule has 0 saturated carbocycles. The predicted molar refractivity (Wildman–Crippen MR) is 66.4 cm³/mol. The summed E-state index contributed by atoms with van der Waals surface area (Å²) in [6, 6.07) is 0.184. The van der Waals surface area contributed by atoms with Crippen LogP contribution in [0.4, 0.5) is 0 Å². The first kappa shape index (κ1) is 13.1. The third-order valence-corrected chi connectivity index (χ3v) is 3.47. The standard InChI is InChI=1S/C11H19N3OS/c1-8(9-13-5-6-16-9)14-7-11(2,3)10(15)12-4/h5-6,8,14H,7H2,1-4H3,(H,12,15). The van der Waals surface area contributed by atoms with Crippen molar-refractivity contribution >= 4 is 17.2 Å². The minimum absolute atomic E-state index is 0.0475. The quantitative estimate of drug-likeness (QED) is 0.822. The number of thiazole rings is 1. The van der Waals surface area contributed by atoms with Crippen LogP contribution in [-0.4, -0.2) is 24.5 Å². The lowest BCUT2D eigenvalue weighted by Crippen LogP contribution is -2.42. The number of carbonyl (C=O) groups is 1. The molecule has 5 heteroatoms. The Labute approximate surface area is 100 Å². The Balaban J connectivity index is 2.48. The predicted octanol–water partition coefficient (Wildman–Crippen LogP) is 1.57. The van der Waals surface area contributed by atoms with Crippen molar-refractivity contribution in [3.63, 3.8) is 0 Å². The van der Waals surface area contributed by atoms with E-state index < -0.39 is 5.41 Å². The molecule has 1 aromatic rings. The van der Waals surface area contributed by atoms with Crippen molar-refractivity contribution in [2.24, 2.45) is 5.41 Å². The zero-order chi connectivity index (χ0) is 12.2. The molecule has 1 amide bonds. The number of carbonyl (C=O) groups excluding carboxylic acids is 1. The van der Waals surface area contributed by atoms with Crippen LogP contribution in [0.5, 0.6) is 0 Å². The highest BCUT2D eigenvalue weighted by atomic mass is 32.1. The first-order valence-corrected chi connectivity index (χ1v) is 6.20. The van der Waals surface area contributed by atoms with E-state index >= 15 is 0 Å². The molecule has 0 aliphatic heterocycles. The van der Waals surface area contributed by atoms with E-state index in [2.05, 4.69) is 22.5 Å². The van der Waals surface area contributed by atoms with Crippen molar-refractivity contribution in [1.82, 2.24) is 15.6 Å². The number of aromatic nitrogens is 1. The van der Waals surface area contributed by atoms with Crippen molar-refractivity contribution in [1.29, 1.82) is 0 Å². The molecule has 0 radical (unpaired) electrons. The van der Waals surface area contributed by atoms with E-state index in [1.165, 1.54) is 0 Å². The highest BCUT2D eigenvalue weighted by Gasteiger charge is 2.27. The lowest BCUT2D eigenvalue weighted by atomic mass is 9.92. The Hall–Kier alpha value is -0.940. The van der Waals surface area contributed by atoms with Gasteiger partial charge in [-0.25, -0.2) is 4.98 Å². The average Bonchev–Trinajstić information content (AvgIpc) is 2.78. The molecule has 1 atom stereocenters. The second-order valence-electron chi connectivity index (χ2n) is 4.44. The third-order valence-electron chi connectivity index (χ3n) is 2.51. The Morgan fingerprint density at radius 2 is 2.31 bits per heavy atom. The molecule has 0 fully saturated rings. The minimum atomic E-state index is -0.403. The maximum Gasteiger partial charge on any atom is 0.226 e. The number of nitrogens with zero attached hydrogens (tertiary/aromatic N) is 1. The van der Waals surface area contributed by atoms with Crippen LogP contribution in [0.3, 0.4) is 0 Å². The van der Waals surface area contributed by atoms with Crippen LogP contribution in [0.2, 0.25) is 0 Å².